The number of likely N-dealkylation sites (N-methyl/N-ethyl adjacent to an activating group) is 1. The van der Waals surface area contributed by atoms with Crippen LogP contribution in [0.25, 0.3) is 0 Å². The average Bonchev–Trinajstić information content (AvgIpc) is 2.34. The Labute approximate surface area is 135 Å². The van der Waals surface area contributed by atoms with Gasteiger partial charge in [-0.2, -0.15) is 0 Å². The Morgan fingerprint density at radius 1 is 1.22 bits per heavy atom. The van der Waals surface area contributed by atoms with E-state index in [-0.39, 0.29) is 19.3 Å². The molecule has 0 amide bonds. The average molecular weight is 331 g/mol. The van der Waals surface area contributed by atoms with Crippen LogP contribution in [0.15, 0.2) is 12.2 Å². The van der Waals surface area contributed by atoms with E-state index < -0.39 is 30.1 Å². The first-order valence-corrected chi connectivity index (χ1v) is 7.27. The van der Waals surface area contributed by atoms with E-state index in [1.54, 1.807) is 6.08 Å². The molecular weight excluding hydrogens is 306 g/mol. The topological polar surface area (TPSA) is 124 Å². The highest BCUT2D eigenvalue weighted by Gasteiger charge is 2.21. The number of hydrogen-bond acceptors (Lipinski definition) is 6. The van der Waals surface area contributed by atoms with E-state index in [1.807, 2.05) is 21.1 Å². The fourth-order valence-electron chi connectivity index (χ4n) is 1.85. The lowest BCUT2D eigenvalue weighted by Gasteiger charge is -2.29. The molecule has 0 bridgehead atoms. The lowest BCUT2D eigenvalue weighted by molar-refractivity contribution is -0.873. The lowest BCUT2D eigenvalue weighted by atomic mass is 10.2. The van der Waals surface area contributed by atoms with Gasteiger partial charge in [0.15, 0.2) is 12.2 Å². The van der Waals surface area contributed by atoms with Crippen LogP contribution in [0.2, 0.25) is 0 Å². The molecule has 8 nitrogen and oxygen atoms in total. The van der Waals surface area contributed by atoms with Crippen molar-refractivity contribution in [1.82, 2.24) is 0 Å². The van der Waals surface area contributed by atoms with Crippen LogP contribution in [-0.2, 0) is 19.1 Å². The van der Waals surface area contributed by atoms with E-state index in [4.69, 9.17) is 14.9 Å². The Kier molecular flexibility index (Phi) is 9.12. The van der Waals surface area contributed by atoms with Crippen molar-refractivity contribution < 1.29 is 38.9 Å². The summed E-state index contributed by atoms with van der Waals surface area (Å²) in [7, 11) is 5.55. The molecule has 0 rings (SSSR count). The predicted molar refractivity (Wildman–Crippen MR) is 79.0 cm³/mol. The molecule has 0 aromatic rings. The van der Waals surface area contributed by atoms with Gasteiger partial charge in [0.2, 0.25) is 0 Å². The second-order valence-electron chi connectivity index (χ2n) is 6.27. The highest BCUT2D eigenvalue weighted by molar-refractivity contribution is 5.72. The van der Waals surface area contributed by atoms with Crippen molar-refractivity contribution in [3.8, 4) is 0 Å². The molecule has 0 aromatic heterocycles. The molecule has 0 heterocycles. The molecule has 132 valence electrons. The molecule has 0 radical (unpaired) electrons. The molecule has 0 saturated carbocycles. The molecule has 2 atom stereocenters. The van der Waals surface area contributed by atoms with E-state index in [2.05, 4.69) is 0 Å². The largest absolute Gasteiger partial charge is 0.550 e. The molecule has 23 heavy (non-hydrogen) atoms. The van der Waals surface area contributed by atoms with E-state index in [1.165, 1.54) is 6.08 Å². The van der Waals surface area contributed by atoms with Crippen LogP contribution >= 0.6 is 0 Å². The second kappa shape index (κ2) is 9.96. The normalized spacial score (nSPS) is 14.4. The van der Waals surface area contributed by atoms with Gasteiger partial charge in [0, 0.05) is 12.4 Å². The summed E-state index contributed by atoms with van der Waals surface area (Å²) in [4.78, 5) is 32.8. The van der Waals surface area contributed by atoms with Crippen molar-refractivity contribution in [1.29, 1.82) is 0 Å². The summed E-state index contributed by atoms with van der Waals surface area (Å²) in [5, 5.41) is 28.2. The summed E-state index contributed by atoms with van der Waals surface area (Å²) in [5.74, 6) is -3.14. The third-order valence-electron chi connectivity index (χ3n) is 2.79. The molecule has 8 heteroatoms. The van der Waals surface area contributed by atoms with Gasteiger partial charge >= 0.3 is 11.9 Å². The summed E-state index contributed by atoms with van der Waals surface area (Å²) in [6, 6.07) is 0. The molecule has 0 aliphatic heterocycles. The fraction of sp³-hybridized carbons (Fsp3) is 0.667. The van der Waals surface area contributed by atoms with Gasteiger partial charge in [0.1, 0.15) is 6.54 Å². The summed E-state index contributed by atoms with van der Waals surface area (Å²) < 4.78 is 5.57. The molecule has 0 aliphatic rings. The van der Waals surface area contributed by atoms with Crippen LogP contribution in [0.1, 0.15) is 25.7 Å². The Bertz CT molecular complexity index is 440. The SMILES string of the molecule is C[N+](C)(C)CC(CC(=O)[O-])OC(=O)C/C=C/CCC(O)C(=O)O. The number of quaternary nitrogens is 1. The molecule has 0 aliphatic carbocycles. The number of aliphatic hydroxyl groups excluding tert-OH is 1. The molecule has 0 fully saturated rings. The second-order valence-corrected chi connectivity index (χ2v) is 6.27. The zero-order chi connectivity index (χ0) is 18.0. The standard InChI is InChI=1S/C15H25NO7/c1-16(2,3)10-11(9-13(18)19)23-14(20)8-6-4-5-7-12(17)15(21)22/h4,6,11-12,17H,5,7-10H2,1-3H3,(H-,18,19,21,22)/b6-4+. The first kappa shape index (κ1) is 21.1. The number of carbonyl (C=O) groups is 3. The van der Waals surface area contributed by atoms with Gasteiger partial charge in [-0.25, -0.2) is 4.79 Å². The predicted octanol–water partition coefficient (Wildman–Crippen LogP) is -1.08. The van der Waals surface area contributed by atoms with Crippen LogP contribution in [-0.4, -0.2) is 72.5 Å². The van der Waals surface area contributed by atoms with Gasteiger partial charge in [0.05, 0.1) is 27.6 Å². The fourth-order valence-corrected chi connectivity index (χ4v) is 1.85. The van der Waals surface area contributed by atoms with Crippen LogP contribution in [0.5, 0.6) is 0 Å². The number of nitrogens with zero attached hydrogens (tertiary/aromatic N) is 1. The summed E-state index contributed by atoms with van der Waals surface area (Å²) in [6.07, 6.45) is 0.815. The minimum absolute atomic E-state index is 0.0513. The third-order valence-corrected chi connectivity index (χ3v) is 2.79. The van der Waals surface area contributed by atoms with Crippen LogP contribution in [0.3, 0.4) is 0 Å². The maximum absolute atomic E-state index is 11.7. The zero-order valence-corrected chi connectivity index (χ0v) is 13.7. The number of carboxylic acids is 2. The number of aliphatic hydroxyl groups is 1. The highest BCUT2D eigenvalue weighted by Crippen LogP contribution is 2.07. The molecule has 0 saturated heterocycles. The quantitative estimate of drug-likeness (QED) is 0.280. The maximum Gasteiger partial charge on any atom is 0.332 e. The minimum atomic E-state index is -1.43. The number of aliphatic carboxylic acids is 2. The monoisotopic (exact) mass is 331 g/mol. The summed E-state index contributed by atoms with van der Waals surface area (Å²) in [5.41, 5.74) is 0. The van der Waals surface area contributed by atoms with Crippen LogP contribution in [0.4, 0.5) is 0 Å². The van der Waals surface area contributed by atoms with Crippen molar-refractivity contribution in [3.05, 3.63) is 12.2 Å². The van der Waals surface area contributed by atoms with Crippen molar-refractivity contribution in [2.75, 3.05) is 27.7 Å². The van der Waals surface area contributed by atoms with E-state index in [9.17, 15) is 19.5 Å². The van der Waals surface area contributed by atoms with Crippen molar-refractivity contribution >= 4 is 17.9 Å². The highest BCUT2D eigenvalue weighted by atomic mass is 16.5. The van der Waals surface area contributed by atoms with Crippen LogP contribution in [0, 0.1) is 0 Å². The van der Waals surface area contributed by atoms with Crippen molar-refractivity contribution in [3.63, 3.8) is 0 Å². The summed E-state index contributed by atoms with van der Waals surface area (Å²) in [6.45, 7) is 0.342. The zero-order valence-electron chi connectivity index (χ0n) is 13.7. The first-order valence-electron chi connectivity index (χ1n) is 7.27. The maximum atomic E-state index is 11.7. The smallest absolute Gasteiger partial charge is 0.332 e. The van der Waals surface area contributed by atoms with E-state index in [0.29, 0.717) is 17.4 Å². The van der Waals surface area contributed by atoms with Gasteiger partial charge in [-0.05, 0) is 12.8 Å². The summed E-state index contributed by atoms with van der Waals surface area (Å²) >= 11 is 0. The Hall–Kier alpha value is -1.93. The number of rotatable bonds is 11. The molecule has 2 unspecified atom stereocenters. The van der Waals surface area contributed by atoms with Gasteiger partial charge in [-0.1, -0.05) is 12.2 Å². The van der Waals surface area contributed by atoms with E-state index >= 15 is 0 Å². The molecule has 0 spiro atoms. The molecular formula is C15H25NO7. The Balaban J connectivity index is 4.26. The Morgan fingerprint density at radius 2 is 1.83 bits per heavy atom. The third kappa shape index (κ3) is 12.3. The van der Waals surface area contributed by atoms with E-state index in [0.717, 1.165) is 0 Å². The molecule has 0 aromatic carbocycles. The number of carbonyl (C=O) groups excluding carboxylic acids is 2. The number of ether oxygens (including phenoxy) is 1. The Morgan fingerprint density at radius 3 is 2.30 bits per heavy atom. The van der Waals surface area contributed by atoms with Crippen molar-refractivity contribution in [2.24, 2.45) is 0 Å². The lowest BCUT2D eigenvalue weighted by Crippen LogP contribution is -2.45. The minimum Gasteiger partial charge on any atom is -0.550 e. The number of esters is 1. The van der Waals surface area contributed by atoms with Crippen LogP contribution < -0.4 is 5.11 Å². The van der Waals surface area contributed by atoms with Gasteiger partial charge < -0.3 is 29.3 Å². The van der Waals surface area contributed by atoms with Gasteiger partial charge in [-0.3, -0.25) is 4.79 Å². The van der Waals surface area contributed by atoms with Gasteiger partial charge in [0.25, 0.3) is 0 Å². The van der Waals surface area contributed by atoms with Crippen molar-refractivity contribution in [2.45, 2.75) is 37.9 Å². The number of carboxylic acid groups (broad SMARTS) is 2. The number of allylic oxidation sites excluding steroid dienone is 1. The number of hydrogen-bond donors (Lipinski definition) is 2. The van der Waals surface area contributed by atoms with Gasteiger partial charge in [-0.15, -0.1) is 0 Å². The molecule has 2 N–H and O–H groups in total. The first-order chi connectivity index (χ1) is 10.5.